The van der Waals surface area contributed by atoms with Crippen molar-refractivity contribution in [1.82, 2.24) is 4.57 Å². The highest BCUT2D eigenvalue weighted by Crippen LogP contribution is 2.63. The van der Waals surface area contributed by atoms with Gasteiger partial charge in [0.2, 0.25) is 0 Å². The maximum absolute atomic E-state index is 6.51. The van der Waals surface area contributed by atoms with E-state index in [1.165, 1.54) is 70.8 Å². The van der Waals surface area contributed by atoms with Gasteiger partial charge in [-0.15, -0.1) is 0 Å². The zero-order chi connectivity index (χ0) is 39.1. The number of allylic oxidation sites excluding steroid dienone is 1. The van der Waals surface area contributed by atoms with Crippen LogP contribution in [0.1, 0.15) is 33.4 Å². The summed E-state index contributed by atoms with van der Waals surface area (Å²) in [7, 11) is 0. The van der Waals surface area contributed by atoms with Gasteiger partial charge in [-0.1, -0.05) is 182 Å². The van der Waals surface area contributed by atoms with E-state index in [1.807, 2.05) is 60.3 Å². The second kappa shape index (κ2) is 14.9. The Balaban J connectivity index is 0.000000215. The van der Waals surface area contributed by atoms with Crippen molar-refractivity contribution >= 4 is 56.3 Å². The van der Waals surface area contributed by atoms with Gasteiger partial charge in [0.1, 0.15) is 0 Å². The van der Waals surface area contributed by atoms with Crippen molar-refractivity contribution in [2.24, 2.45) is 11.5 Å². The second-order valence-corrected chi connectivity index (χ2v) is 15.8. The molecule has 0 amide bonds. The topological polar surface area (TPSA) is 60.2 Å². The predicted octanol–water partition coefficient (Wildman–Crippen LogP) is 12.6. The first kappa shape index (κ1) is 35.6. The van der Waals surface area contributed by atoms with Crippen molar-refractivity contribution in [3.8, 4) is 0 Å². The minimum atomic E-state index is -0.500. The molecule has 8 aromatic carbocycles. The van der Waals surface area contributed by atoms with Crippen LogP contribution in [-0.2, 0) is 18.5 Å². The van der Waals surface area contributed by atoms with Gasteiger partial charge in [-0.3, -0.25) is 0 Å². The summed E-state index contributed by atoms with van der Waals surface area (Å²) in [6.45, 7) is 0.421. The number of fused-ring (bicyclic) bond motifs is 12. The van der Waals surface area contributed by atoms with Crippen molar-refractivity contribution in [3.63, 3.8) is 0 Å². The van der Waals surface area contributed by atoms with Gasteiger partial charge in [0.25, 0.3) is 0 Å². The predicted molar refractivity (Wildman–Crippen MR) is 243 cm³/mol. The number of aromatic nitrogens is 1. The molecule has 0 bridgehead atoms. The van der Waals surface area contributed by atoms with E-state index >= 15 is 0 Å². The lowest BCUT2D eigenvalue weighted by Crippen LogP contribution is -2.39. The first-order valence-electron chi connectivity index (χ1n) is 19.8. The summed E-state index contributed by atoms with van der Waals surface area (Å²) in [5.74, 6) is 0. The standard InChI is InChI=1S/C38H27N3S.C15H15N/c39-24-40-32-18-8-4-14-26(32)27-22-23-31-37(36(27)40)42-35-21-11-7-17-30(35)38(31)28-15-5-9-19-33(28)41(25-12-2-1-3-13-25)34-20-10-6-16-29(34)38;16-15(14-9-5-2-6-10-14)12-11-13-7-3-1-4-8-13/h1-23H,24,39H2;1-10,12H,11,16H2/b;15-12-. The van der Waals surface area contributed by atoms with E-state index in [0.29, 0.717) is 6.67 Å². The van der Waals surface area contributed by atoms with Gasteiger partial charge >= 0.3 is 0 Å². The molecule has 280 valence electrons. The maximum atomic E-state index is 6.51. The molecule has 0 radical (unpaired) electrons. The van der Waals surface area contributed by atoms with Crippen LogP contribution in [0.25, 0.3) is 27.5 Å². The van der Waals surface area contributed by atoms with Gasteiger partial charge < -0.3 is 20.9 Å². The van der Waals surface area contributed by atoms with E-state index in [2.05, 4.69) is 167 Å². The lowest BCUT2D eigenvalue weighted by molar-refractivity contribution is 0.690. The lowest BCUT2D eigenvalue weighted by atomic mass is 9.62. The molecule has 9 aromatic rings. The summed E-state index contributed by atoms with van der Waals surface area (Å²) in [6, 6.07) is 71.3. The maximum Gasteiger partial charge on any atom is 0.0764 e. The minimum absolute atomic E-state index is 0.421. The molecule has 1 aromatic heterocycles. The fourth-order valence-electron chi connectivity index (χ4n) is 9.09. The molecule has 11 rings (SSSR count). The van der Waals surface area contributed by atoms with E-state index in [-0.39, 0.29) is 0 Å². The van der Waals surface area contributed by atoms with Gasteiger partial charge in [0.15, 0.2) is 0 Å². The fraction of sp³-hybridized carbons (Fsp3) is 0.0566. The zero-order valence-electron chi connectivity index (χ0n) is 32.0. The summed E-state index contributed by atoms with van der Waals surface area (Å²) in [6.07, 6.45) is 2.94. The van der Waals surface area contributed by atoms with Gasteiger partial charge in [-0.05, 0) is 76.2 Å². The Bertz CT molecular complexity index is 2900. The van der Waals surface area contributed by atoms with Gasteiger partial charge in [0, 0.05) is 31.9 Å². The quantitative estimate of drug-likeness (QED) is 0.183. The van der Waals surface area contributed by atoms with Crippen molar-refractivity contribution in [2.45, 2.75) is 28.3 Å². The molecule has 0 fully saturated rings. The van der Waals surface area contributed by atoms with E-state index in [1.54, 1.807) is 0 Å². The largest absolute Gasteiger partial charge is 0.398 e. The second-order valence-electron chi connectivity index (χ2n) is 14.7. The van der Waals surface area contributed by atoms with Crippen LogP contribution >= 0.6 is 11.8 Å². The third-order valence-corrected chi connectivity index (χ3v) is 12.8. The van der Waals surface area contributed by atoms with Gasteiger partial charge in [-0.25, -0.2) is 0 Å². The number of nitrogens with two attached hydrogens (primary N) is 2. The van der Waals surface area contributed by atoms with Crippen molar-refractivity contribution in [2.75, 3.05) is 4.90 Å². The smallest absolute Gasteiger partial charge is 0.0764 e. The van der Waals surface area contributed by atoms with Crippen LogP contribution < -0.4 is 16.4 Å². The Morgan fingerprint density at radius 2 is 1.10 bits per heavy atom. The average molecular weight is 767 g/mol. The third kappa shape index (κ3) is 5.74. The molecule has 0 atom stereocenters. The first-order valence-corrected chi connectivity index (χ1v) is 20.6. The third-order valence-electron chi connectivity index (χ3n) is 11.6. The van der Waals surface area contributed by atoms with Crippen LogP contribution in [0.3, 0.4) is 0 Å². The van der Waals surface area contributed by atoms with Crippen molar-refractivity contribution < 1.29 is 0 Å². The lowest BCUT2D eigenvalue weighted by Gasteiger charge is -2.49. The molecule has 58 heavy (non-hydrogen) atoms. The average Bonchev–Trinajstić information content (AvgIpc) is 3.63. The number of hydrogen-bond donors (Lipinski definition) is 2. The molecular formula is C53H42N4S. The molecule has 0 aliphatic carbocycles. The molecule has 4 nitrogen and oxygen atoms in total. The van der Waals surface area contributed by atoms with Crippen LogP contribution in [0.15, 0.2) is 216 Å². The van der Waals surface area contributed by atoms with Gasteiger partial charge in [-0.2, -0.15) is 0 Å². The van der Waals surface area contributed by atoms with E-state index in [4.69, 9.17) is 11.5 Å². The van der Waals surface area contributed by atoms with E-state index in [9.17, 15) is 0 Å². The SMILES string of the molecule is N/C(=C\Cc1ccccc1)c1ccccc1.NCn1c2ccccc2c2ccc3c(c21)Sc1ccccc1C31c2ccccc2N(c2ccccc2)c2ccccc21. The monoisotopic (exact) mass is 766 g/mol. The minimum Gasteiger partial charge on any atom is -0.398 e. The Morgan fingerprint density at radius 1 is 0.534 bits per heavy atom. The molecule has 2 aliphatic rings. The molecule has 2 aliphatic heterocycles. The molecule has 0 unspecified atom stereocenters. The molecule has 1 spiro atoms. The molecule has 5 heteroatoms. The summed E-state index contributed by atoms with van der Waals surface area (Å²) >= 11 is 1.88. The van der Waals surface area contributed by atoms with Crippen LogP contribution in [0.4, 0.5) is 17.1 Å². The van der Waals surface area contributed by atoms with Crippen molar-refractivity contribution in [1.29, 1.82) is 0 Å². The molecule has 0 saturated carbocycles. The highest BCUT2D eigenvalue weighted by molar-refractivity contribution is 7.99. The Hall–Kier alpha value is -6.79. The summed E-state index contributed by atoms with van der Waals surface area (Å²) < 4.78 is 2.30. The van der Waals surface area contributed by atoms with Crippen LogP contribution in [0, 0.1) is 0 Å². The number of nitrogens with zero attached hydrogens (tertiary/aromatic N) is 2. The Kier molecular flexibility index (Phi) is 9.17. The van der Waals surface area contributed by atoms with Crippen LogP contribution in [0.5, 0.6) is 0 Å². The number of rotatable bonds is 5. The Labute approximate surface area is 343 Å². The fourth-order valence-corrected chi connectivity index (χ4v) is 10.4. The highest BCUT2D eigenvalue weighted by Gasteiger charge is 2.50. The number of para-hydroxylation sites is 4. The zero-order valence-corrected chi connectivity index (χ0v) is 32.8. The highest BCUT2D eigenvalue weighted by atomic mass is 32.2. The van der Waals surface area contributed by atoms with E-state index < -0.39 is 5.41 Å². The number of hydrogen-bond acceptors (Lipinski definition) is 4. The molecule has 0 saturated heterocycles. The molecule has 4 N–H and O–H groups in total. The summed E-state index contributed by atoms with van der Waals surface area (Å²) in [5.41, 5.74) is 26.4. The van der Waals surface area contributed by atoms with Gasteiger partial charge in [0.05, 0.1) is 34.5 Å². The van der Waals surface area contributed by atoms with E-state index in [0.717, 1.165) is 23.4 Å². The normalized spacial score (nSPS) is 13.6. The molecule has 3 heterocycles. The summed E-state index contributed by atoms with van der Waals surface area (Å²) in [5, 5.41) is 2.49. The Morgan fingerprint density at radius 3 is 1.79 bits per heavy atom. The first-order chi connectivity index (χ1) is 28.7. The van der Waals surface area contributed by atoms with Crippen molar-refractivity contribution in [3.05, 3.63) is 240 Å². The molecular weight excluding hydrogens is 725 g/mol. The van der Waals surface area contributed by atoms with Crippen LogP contribution in [-0.4, -0.2) is 4.57 Å². The number of benzene rings is 8. The summed E-state index contributed by atoms with van der Waals surface area (Å²) in [4.78, 5) is 4.99. The van der Waals surface area contributed by atoms with Crippen LogP contribution in [0.2, 0.25) is 0 Å². The number of anilines is 3.